The lowest BCUT2D eigenvalue weighted by Gasteiger charge is -2.32. The molecule has 0 saturated carbocycles. The second kappa shape index (κ2) is 8.39. The quantitative estimate of drug-likeness (QED) is 0.566. The van der Waals surface area contributed by atoms with Gasteiger partial charge in [0.2, 0.25) is 0 Å². The molecular formula is C18H22NO4PS. The van der Waals surface area contributed by atoms with Crippen molar-refractivity contribution in [2.75, 3.05) is 31.3 Å². The summed E-state index contributed by atoms with van der Waals surface area (Å²) >= 11 is 1.75. The van der Waals surface area contributed by atoms with Crippen LogP contribution in [0.4, 0.5) is 11.4 Å². The first-order valence-electron chi connectivity index (χ1n) is 8.34. The average molecular weight is 379 g/mol. The van der Waals surface area contributed by atoms with Crippen LogP contribution in [-0.4, -0.2) is 26.4 Å². The molecule has 3 rings (SSSR count). The predicted molar refractivity (Wildman–Crippen MR) is 101 cm³/mol. The average Bonchev–Trinajstić information content (AvgIpc) is 2.61. The van der Waals surface area contributed by atoms with Gasteiger partial charge in [0.05, 0.1) is 31.2 Å². The van der Waals surface area contributed by atoms with Gasteiger partial charge in [0.15, 0.2) is 0 Å². The van der Waals surface area contributed by atoms with Crippen molar-refractivity contribution in [3.05, 3.63) is 48.5 Å². The van der Waals surface area contributed by atoms with Crippen molar-refractivity contribution in [2.24, 2.45) is 0 Å². The van der Waals surface area contributed by atoms with Crippen molar-refractivity contribution in [2.45, 2.75) is 23.6 Å². The first-order chi connectivity index (χ1) is 12.2. The second-order valence-corrected chi connectivity index (χ2v) is 8.06. The molecule has 0 N–H and O–H groups in total. The van der Waals surface area contributed by atoms with Crippen LogP contribution >= 0.6 is 19.6 Å². The summed E-state index contributed by atoms with van der Waals surface area (Å²) in [6.45, 7) is 4.89. The Balaban J connectivity index is 1.77. The van der Waals surface area contributed by atoms with Gasteiger partial charge in [-0.3, -0.25) is 13.6 Å². The molecule has 0 bridgehead atoms. The third-order valence-electron chi connectivity index (χ3n) is 3.67. The molecule has 2 aromatic rings. The molecule has 25 heavy (non-hydrogen) atoms. The minimum absolute atomic E-state index is 0.241. The Morgan fingerprint density at radius 1 is 0.880 bits per heavy atom. The number of phosphoric acid groups is 1. The molecule has 7 heteroatoms. The number of nitrogens with zero attached hydrogens (tertiary/aromatic N) is 1. The van der Waals surface area contributed by atoms with Gasteiger partial charge in [-0.15, -0.1) is 0 Å². The summed E-state index contributed by atoms with van der Waals surface area (Å²) < 4.78 is 28.3. The van der Waals surface area contributed by atoms with Gasteiger partial charge in [-0.25, -0.2) is 4.57 Å². The number of rotatable bonds is 8. The van der Waals surface area contributed by atoms with E-state index in [1.807, 2.05) is 24.3 Å². The lowest BCUT2D eigenvalue weighted by molar-refractivity contribution is 0.124. The molecule has 0 aromatic heterocycles. The van der Waals surface area contributed by atoms with Gasteiger partial charge >= 0.3 is 7.82 Å². The molecule has 0 saturated heterocycles. The molecule has 0 aliphatic carbocycles. The summed E-state index contributed by atoms with van der Waals surface area (Å²) in [5, 5.41) is 0. The Morgan fingerprint density at radius 3 is 1.92 bits per heavy atom. The van der Waals surface area contributed by atoms with E-state index in [1.54, 1.807) is 25.6 Å². The van der Waals surface area contributed by atoms with Crippen LogP contribution < -0.4 is 4.90 Å². The van der Waals surface area contributed by atoms with Crippen LogP contribution in [0.5, 0.6) is 0 Å². The van der Waals surface area contributed by atoms with Crippen LogP contribution in [-0.2, 0) is 18.1 Å². The monoisotopic (exact) mass is 379 g/mol. The Morgan fingerprint density at radius 2 is 1.40 bits per heavy atom. The molecule has 0 fully saturated rings. The molecule has 0 amide bonds. The molecule has 0 spiro atoms. The van der Waals surface area contributed by atoms with Gasteiger partial charge in [-0.05, 0) is 38.1 Å². The maximum Gasteiger partial charge on any atom is 0.474 e. The van der Waals surface area contributed by atoms with Gasteiger partial charge < -0.3 is 4.90 Å². The molecule has 0 radical (unpaired) electrons. The number of hydrogen-bond donors (Lipinski definition) is 0. The normalized spacial score (nSPS) is 13.4. The number of anilines is 2. The second-order valence-electron chi connectivity index (χ2n) is 5.31. The number of phosphoric ester groups is 1. The first kappa shape index (κ1) is 18.5. The van der Waals surface area contributed by atoms with Gasteiger partial charge in [0.1, 0.15) is 0 Å². The van der Waals surface area contributed by atoms with Gasteiger partial charge in [0.25, 0.3) is 0 Å². The van der Waals surface area contributed by atoms with Crippen molar-refractivity contribution in [3.63, 3.8) is 0 Å². The fraction of sp³-hybridized carbons (Fsp3) is 0.333. The molecule has 1 aliphatic heterocycles. The topological polar surface area (TPSA) is 48.0 Å². The summed E-state index contributed by atoms with van der Waals surface area (Å²) in [4.78, 5) is 4.57. The van der Waals surface area contributed by atoms with Crippen molar-refractivity contribution in [1.82, 2.24) is 0 Å². The van der Waals surface area contributed by atoms with Gasteiger partial charge in [0, 0.05) is 16.3 Å². The van der Waals surface area contributed by atoms with E-state index in [4.69, 9.17) is 13.6 Å². The van der Waals surface area contributed by atoms with E-state index >= 15 is 0 Å². The summed E-state index contributed by atoms with van der Waals surface area (Å²) in [6.07, 6.45) is 0. The summed E-state index contributed by atoms with van der Waals surface area (Å²) in [5.41, 5.74) is 2.25. The highest BCUT2D eigenvalue weighted by Gasteiger charge is 2.27. The Hall–Kier alpha value is -1.30. The maximum atomic E-state index is 12.5. The summed E-state index contributed by atoms with van der Waals surface area (Å²) in [7, 11) is -3.49. The molecule has 1 aliphatic rings. The fourth-order valence-corrected chi connectivity index (χ4v) is 4.95. The Labute approximate surface area is 152 Å². The first-order valence-corrected chi connectivity index (χ1v) is 10.6. The van der Waals surface area contributed by atoms with Crippen molar-refractivity contribution in [1.29, 1.82) is 0 Å². The van der Waals surface area contributed by atoms with Gasteiger partial charge in [-0.1, -0.05) is 36.0 Å². The molecule has 134 valence electrons. The zero-order chi connectivity index (χ0) is 17.7. The molecular weight excluding hydrogens is 357 g/mol. The minimum Gasteiger partial charge on any atom is -0.337 e. The van der Waals surface area contributed by atoms with E-state index in [0.29, 0.717) is 6.54 Å². The van der Waals surface area contributed by atoms with E-state index < -0.39 is 7.82 Å². The lowest BCUT2D eigenvalue weighted by atomic mass is 10.2. The smallest absolute Gasteiger partial charge is 0.337 e. The van der Waals surface area contributed by atoms with Crippen LogP contribution in [0.15, 0.2) is 58.3 Å². The highest BCUT2D eigenvalue weighted by molar-refractivity contribution is 7.99. The summed E-state index contributed by atoms with van der Waals surface area (Å²) in [5.74, 6) is 0. The fourth-order valence-electron chi connectivity index (χ4n) is 2.69. The van der Waals surface area contributed by atoms with Crippen molar-refractivity contribution < 1.29 is 18.1 Å². The molecule has 0 atom stereocenters. The van der Waals surface area contributed by atoms with Crippen LogP contribution in [0.1, 0.15) is 13.8 Å². The number of hydrogen-bond acceptors (Lipinski definition) is 6. The van der Waals surface area contributed by atoms with Crippen molar-refractivity contribution >= 4 is 31.0 Å². The zero-order valence-electron chi connectivity index (χ0n) is 14.4. The third kappa shape index (κ3) is 4.27. The van der Waals surface area contributed by atoms with E-state index in [9.17, 15) is 4.57 Å². The van der Waals surface area contributed by atoms with E-state index in [0.717, 1.165) is 11.4 Å². The zero-order valence-corrected chi connectivity index (χ0v) is 16.1. The highest BCUT2D eigenvalue weighted by Crippen LogP contribution is 2.50. The number of fused-ring (bicyclic) bond motifs is 2. The molecule has 1 heterocycles. The van der Waals surface area contributed by atoms with Crippen LogP contribution in [0.25, 0.3) is 0 Å². The van der Waals surface area contributed by atoms with Crippen LogP contribution in [0.2, 0.25) is 0 Å². The third-order valence-corrected chi connectivity index (χ3v) is 6.45. The largest absolute Gasteiger partial charge is 0.474 e. The number of para-hydroxylation sites is 2. The van der Waals surface area contributed by atoms with E-state index in [-0.39, 0.29) is 19.8 Å². The predicted octanol–water partition coefficient (Wildman–Crippen LogP) is 5.49. The Bertz CT molecular complexity index is 715. The van der Waals surface area contributed by atoms with Crippen LogP contribution in [0.3, 0.4) is 0 Å². The van der Waals surface area contributed by atoms with Crippen LogP contribution in [0, 0.1) is 0 Å². The van der Waals surface area contributed by atoms with Gasteiger partial charge in [-0.2, -0.15) is 0 Å². The standard InChI is InChI=1S/C18H22NO4PS/c1-3-21-24(20,22-4-2)23-14-13-19-15-9-5-7-11-17(15)25-18-12-8-6-10-16(18)19/h5-12H,3-4,13-14H2,1-2H3. The minimum atomic E-state index is -3.49. The van der Waals surface area contributed by atoms with E-state index in [2.05, 4.69) is 29.2 Å². The molecule has 0 unspecified atom stereocenters. The lowest BCUT2D eigenvalue weighted by Crippen LogP contribution is -2.25. The van der Waals surface area contributed by atoms with E-state index in [1.165, 1.54) is 9.79 Å². The molecule has 5 nitrogen and oxygen atoms in total. The Kier molecular flexibility index (Phi) is 6.20. The maximum absolute atomic E-state index is 12.5. The summed E-state index contributed by atoms with van der Waals surface area (Å²) in [6, 6.07) is 16.5. The van der Waals surface area contributed by atoms with Crippen molar-refractivity contribution in [3.8, 4) is 0 Å². The number of benzene rings is 2. The molecule has 2 aromatic carbocycles. The SMILES string of the molecule is CCOP(=O)(OCC)OCCN1c2ccccc2Sc2ccccc21. The highest BCUT2D eigenvalue weighted by atomic mass is 32.2.